The Hall–Kier alpha value is -8.72. The molecule has 73 heavy (non-hydrogen) atoms. The summed E-state index contributed by atoms with van der Waals surface area (Å²) < 4.78 is 6.16. The zero-order valence-electron chi connectivity index (χ0n) is 40.6. The molecule has 0 aliphatic rings. The second-order valence-corrected chi connectivity index (χ2v) is 18.5. The Morgan fingerprint density at radius 3 is 1.32 bits per heavy atom. The van der Waals surface area contributed by atoms with Crippen molar-refractivity contribution in [2.45, 2.75) is 70.4 Å². The molecule has 0 spiro atoms. The number of hydrogen-bond acceptors (Lipinski definition) is 7. The van der Waals surface area contributed by atoms with Crippen LogP contribution >= 0.6 is 0 Å². The summed E-state index contributed by atoms with van der Waals surface area (Å²) in [5.41, 5.74) is 11.9. The van der Waals surface area contributed by atoms with Gasteiger partial charge in [-0.3, -0.25) is 19.2 Å². The predicted molar refractivity (Wildman–Crippen MR) is 290 cm³/mol. The third kappa shape index (κ3) is 11.1. The quantitative estimate of drug-likeness (QED) is 0.0241. The van der Waals surface area contributed by atoms with Crippen LogP contribution in [0.3, 0.4) is 0 Å². The SMILES string of the molecule is CCCCCCOc1cc(C(=O)N[C@@H](CCCNC(N)=O)C(=O)Nc2ccc3ccc4cccc5ccc2c3c45)cc(C(=O)N[C@@H](CCCNC(N)=O)C(=O)Nc2ccc3ccc4cccc5ccc2c3c45)c1. The first kappa shape index (κ1) is 49.3. The summed E-state index contributed by atoms with van der Waals surface area (Å²) in [6.07, 6.45) is 4.53. The van der Waals surface area contributed by atoms with Crippen molar-refractivity contribution in [1.82, 2.24) is 21.3 Å². The Kier molecular flexibility index (Phi) is 14.9. The predicted octanol–water partition coefficient (Wildman–Crippen LogP) is 9.81. The molecule has 9 aromatic carbocycles. The summed E-state index contributed by atoms with van der Waals surface area (Å²) in [6.45, 7) is 2.74. The van der Waals surface area contributed by atoms with Gasteiger partial charge in [-0.1, -0.05) is 123 Å². The molecule has 0 aliphatic carbocycles. The van der Waals surface area contributed by atoms with Crippen LogP contribution in [0.4, 0.5) is 21.0 Å². The van der Waals surface area contributed by atoms with Crippen LogP contribution in [0.15, 0.2) is 127 Å². The van der Waals surface area contributed by atoms with Gasteiger partial charge in [-0.15, -0.1) is 0 Å². The number of amides is 8. The minimum Gasteiger partial charge on any atom is -0.494 e. The van der Waals surface area contributed by atoms with Gasteiger partial charge in [0.1, 0.15) is 17.8 Å². The van der Waals surface area contributed by atoms with Crippen LogP contribution in [0, 0.1) is 0 Å². The molecule has 8 amide bonds. The third-order valence-corrected chi connectivity index (χ3v) is 13.5. The van der Waals surface area contributed by atoms with Crippen LogP contribution < -0.4 is 48.1 Å². The summed E-state index contributed by atoms with van der Waals surface area (Å²) in [6, 6.07) is 36.9. The molecule has 10 N–H and O–H groups in total. The van der Waals surface area contributed by atoms with Gasteiger partial charge in [-0.2, -0.15) is 0 Å². The van der Waals surface area contributed by atoms with Gasteiger partial charge in [0, 0.05) is 46.4 Å². The van der Waals surface area contributed by atoms with E-state index in [2.05, 4.69) is 87.4 Å². The number of ether oxygens (including phenoxy) is 1. The third-order valence-electron chi connectivity index (χ3n) is 13.5. The van der Waals surface area contributed by atoms with E-state index in [4.69, 9.17) is 16.2 Å². The van der Waals surface area contributed by atoms with Crippen molar-refractivity contribution in [3.05, 3.63) is 139 Å². The van der Waals surface area contributed by atoms with Gasteiger partial charge >= 0.3 is 12.1 Å². The van der Waals surface area contributed by atoms with Gasteiger partial charge in [0.25, 0.3) is 11.8 Å². The average Bonchev–Trinajstić information content (AvgIpc) is 3.39. The average molecular weight is 979 g/mol. The van der Waals surface area contributed by atoms with Crippen LogP contribution in [0.1, 0.15) is 79.0 Å². The highest BCUT2D eigenvalue weighted by atomic mass is 16.5. The summed E-state index contributed by atoms with van der Waals surface area (Å²) in [5, 5.41) is 29.2. The maximum absolute atomic E-state index is 14.5. The van der Waals surface area contributed by atoms with Gasteiger partial charge < -0.3 is 48.1 Å². The molecule has 15 heteroatoms. The second kappa shape index (κ2) is 22.1. The molecule has 0 fully saturated rings. The van der Waals surface area contributed by atoms with Gasteiger partial charge in [-0.05, 0) is 116 Å². The smallest absolute Gasteiger partial charge is 0.312 e. The van der Waals surface area contributed by atoms with Crippen LogP contribution in [0.5, 0.6) is 5.75 Å². The molecule has 15 nitrogen and oxygen atoms in total. The lowest BCUT2D eigenvalue weighted by molar-refractivity contribution is -0.118. The molecule has 0 bridgehead atoms. The molecule has 0 aromatic heterocycles. The highest BCUT2D eigenvalue weighted by Crippen LogP contribution is 2.39. The number of nitrogens with one attached hydrogen (secondary N) is 6. The Labute approximate surface area is 421 Å². The van der Waals surface area contributed by atoms with E-state index < -0.39 is 47.8 Å². The van der Waals surface area contributed by atoms with Crippen molar-refractivity contribution < 1.29 is 33.5 Å². The lowest BCUT2D eigenvalue weighted by atomic mass is 9.93. The van der Waals surface area contributed by atoms with Crippen molar-refractivity contribution in [1.29, 1.82) is 0 Å². The lowest BCUT2D eigenvalue weighted by Gasteiger charge is -2.21. The fourth-order valence-corrected chi connectivity index (χ4v) is 9.85. The molecule has 9 rings (SSSR count). The van der Waals surface area contributed by atoms with Crippen molar-refractivity contribution in [2.75, 3.05) is 30.3 Å². The van der Waals surface area contributed by atoms with E-state index in [1.807, 2.05) is 60.7 Å². The zero-order valence-corrected chi connectivity index (χ0v) is 40.6. The number of rotatable bonds is 22. The van der Waals surface area contributed by atoms with Crippen molar-refractivity contribution in [2.24, 2.45) is 11.5 Å². The monoisotopic (exact) mass is 978 g/mol. The zero-order chi connectivity index (χ0) is 51.0. The highest BCUT2D eigenvalue weighted by molar-refractivity contribution is 6.27. The van der Waals surface area contributed by atoms with E-state index in [1.165, 1.54) is 18.2 Å². The molecule has 2 atom stereocenters. The minimum absolute atomic E-state index is 0.0345. The van der Waals surface area contributed by atoms with E-state index in [0.717, 1.165) is 90.3 Å². The maximum atomic E-state index is 14.5. The number of unbranched alkanes of at least 4 members (excludes halogenated alkanes) is 3. The molecule has 0 saturated carbocycles. The number of hydrogen-bond donors (Lipinski definition) is 8. The summed E-state index contributed by atoms with van der Waals surface area (Å²) in [5.74, 6) is -2.06. The first-order chi connectivity index (χ1) is 35.4. The van der Waals surface area contributed by atoms with Gasteiger partial charge in [0.15, 0.2) is 0 Å². The number of urea groups is 2. The van der Waals surface area contributed by atoms with E-state index >= 15 is 0 Å². The topological polar surface area (TPSA) is 236 Å². The standard InChI is InChI=1S/C58H58N8O7/c1-2-3-4-5-30-73-42-32-40(53(67)65-47(14-8-28-61-57(59)71)55(69)63-45-26-22-38-18-16-34-10-6-12-36-20-24-43(45)51(38)49(34)36)31-41(33-42)54(68)66-48(15-9-29-62-58(60)72)56(70)64-46-27-23-39-19-17-35-11-7-13-37-21-25-44(46)52(39)50(35)37/h6-7,10-13,16-27,31-33,47-48H,2-5,8-9,14-15,28-30H2,1H3,(H,63,69)(H,64,70)(H,65,67)(H,66,68)(H3,59,61,71)(H3,60,62,72)/t47-,48-/m0/s1. The van der Waals surface area contributed by atoms with E-state index in [-0.39, 0.29) is 42.8 Å². The van der Waals surface area contributed by atoms with Crippen LogP contribution in [0.2, 0.25) is 0 Å². The maximum Gasteiger partial charge on any atom is 0.312 e. The van der Waals surface area contributed by atoms with E-state index in [9.17, 15) is 28.8 Å². The number of carbonyl (C=O) groups excluding carboxylic acids is 6. The van der Waals surface area contributed by atoms with Crippen LogP contribution in [0.25, 0.3) is 64.6 Å². The fourth-order valence-electron chi connectivity index (χ4n) is 9.85. The van der Waals surface area contributed by atoms with Crippen molar-refractivity contribution in [3.8, 4) is 5.75 Å². The first-order valence-corrected chi connectivity index (χ1v) is 24.9. The molecule has 0 radical (unpaired) electrons. The van der Waals surface area contributed by atoms with Crippen LogP contribution in [-0.2, 0) is 9.59 Å². The van der Waals surface area contributed by atoms with Crippen molar-refractivity contribution >= 4 is 112 Å². The normalized spacial score (nSPS) is 12.3. The molecule has 0 heterocycles. The summed E-state index contributed by atoms with van der Waals surface area (Å²) >= 11 is 0. The van der Waals surface area contributed by atoms with Crippen molar-refractivity contribution in [3.63, 3.8) is 0 Å². The second-order valence-electron chi connectivity index (χ2n) is 18.5. The number of primary amides is 2. The summed E-state index contributed by atoms with van der Waals surface area (Å²) in [4.78, 5) is 80.8. The number of anilines is 2. The van der Waals surface area contributed by atoms with Gasteiger partial charge in [0.2, 0.25) is 11.8 Å². The van der Waals surface area contributed by atoms with Crippen LogP contribution in [-0.4, -0.2) is 67.5 Å². The number of carbonyl (C=O) groups is 6. The fraction of sp³-hybridized carbons (Fsp3) is 0.241. The molecule has 0 aliphatic heterocycles. The van der Waals surface area contributed by atoms with E-state index in [1.54, 1.807) is 0 Å². The Morgan fingerprint density at radius 2 is 0.890 bits per heavy atom. The van der Waals surface area contributed by atoms with Gasteiger partial charge in [-0.25, -0.2) is 9.59 Å². The Bertz CT molecular complexity index is 3270. The number of nitrogens with two attached hydrogens (primary N) is 2. The molecular weight excluding hydrogens is 921 g/mol. The lowest BCUT2D eigenvalue weighted by Crippen LogP contribution is -2.45. The summed E-state index contributed by atoms with van der Waals surface area (Å²) in [7, 11) is 0. The molecular formula is C58H58N8O7. The highest BCUT2D eigenvalue weighted by Gasteiger charge is 2.27. The Balaban J connectivity index is 0.987. The molecule has 9 aromatic rings. The molecule has 0 unspecified atom stereocenters. The number of benzene rings is 9. The molecule has 372 valence electrons. The first-order valence-electron chi connectivity index (χ1n) is 24.9. The minimum atomic E-state index is -1.10. The Morgan fingerprint density at radius 1 is 0.479 bits per heavy atom. The largest absolute Gasteiger partial charge is 0.494 e. The molecule has 0 saturated heterocycles. The van der Waals surface area contributed by atoms with Gasteiger partial charge in [0.05, 0.1) is 6.61 Å². The van der Waals surface area contributed by atoms with E-state index in [0.29, 0.717) is 30.8 Å².